The van der Waals surface area contributed by atoms with Gasteiger partial charge in [-0.3, -0.25) is 0 Å². The van der Waals surface area contributed by atoms with Crippen molar-refractivity contribution >= 4 is 12.4 Å². The zero-order valence-electron chi connectivity index (χ0n) is 8.64. The number of methoxy groups -OCH3 is 1. The van der Waals surface area contributed by atoms with Crippen LogP contribution in [0.15, 0.2) is 30.9 Å². The molecule has 0 unspecified atom stereocenters. The Labute approximate surface area is 96.0 Å². The van der Waals surface area contributed by atoms with Crippen molar-refractivity contribution in [2.45, 2.75) is 12.5 Å². The van der Waals surface area contributed by atoms with Crippen molar-refractivity contribution in [1.82, 2.24) is 0 Å². The molecule has 4 heteroatoms. The molecule has 0 spiro atoms. The molecule has 1 rings (SSSR count). The predicted molar refractivity (Wildman–Crippen MR) is 63.6 cm³/mol. The number of ether oxygens (including phenoxy) is 1. The highest BCUT2D eigenvalue weighted by Gasteiger charge is 2.10. The number of phenolic OH excluding ortho intramolecular Hbond substituents is 1. The van der Waals surface area contributed by atoms with Crippen LogP contribution in [0.1, 0.15) is 18.0 Å². The number of benzene rings is 1. The van der Waals surface area contributed by atoms with E-state index in [9.17, 15) is 5.11 Å². The number of hydrogen-bond donors (Lipinski definition) is 2. The van der Waals surface area contributed by atoms with Gasteiger partial charge in [0, 0.05) is 11.6 Å². The fourth-order valence-electron chi connectivity index (χ4n) is 1.26. The van der Waals surface area contributed by atoms with Crippen LogP contribution in [0.5, 0.6) is 11.5 Å². The lowest BCUT2D eigenvalue weighted by atomic mass is 10.0. The normalized spacial score (nSPS) is 11.3. The van der Waals surface area contributed by atoms with Crippen LogP contribution in [0.3, 0.4) is 0 Å². The summed E-state index contributed by atoms with van der Waals surface area (Å²) in [7, 11) is 1.58. The standard InChI is InChI=1S/C11H15NO2.ClH/c1-3-4-10(12)9-7-8(14-2)5-6-11(9)13;/h3,5-7,10,13H,1,4,12H2,2H3;1H/t10-;/m1./s1. The van der Waals surface area contributed by atoms with Crippen LogP contribution >= 0.6 is 12.4 Å². The van der Waals surface area contributed by atoms with Crippen molar-refractivity contribution in [3.63, 3.8) is 0 Å². The van der Waals surface area contributed by atoms with Gasteiger partial charge >= 0.3 is 0 Å². The molecule has 0 aromatic heterocycles. The SMILES string of the molecule is C=CC[C@@H](N)c1cc(OC)ccc1O.Cl. The van der Waals surface area contributed by atoms with E-state index in [2.05, 4.69) is 6.58 Å². The Bertz CT molecular complexity index is 328. The second-order valence-electron chi connectivity index (χ2n) is 3.06. The lowest BCUT2D eigenvalue weighted by Gasteiger charge is -2.12. The van der Waals surface area contributed by atoms with Crippen LogP contribution in [0.25, 0.3) is 0 Å². The molecule has 1 aromatic carbocycles. The van der Waals surface area contributed by atoms with E-state index in [1.165, 1.54) is 0 Å². The van der Waals surface area contributed by atoms with Gasteiger partial charge in [0.25, 0.3) is 0 Å². The number of rotatable bonds is 4. The first-order valence-electron chi connectivity index (χ1n) is 4.42. The molecule has 0 amide bonds. The molecular formula is C11H16ClNO2. The molecule has 0 aliphatic rings. The Morgan fingerprint density at radius 2 is 2.27 bits per heavy atom. The third kappa shape index (κ3) is 3.46. The van der Waals surface area contributed by atoms with Gasteiger partial charge in [-0.15, -0.1) is 19.0 Å². The molecule has 1 aromatic rings. The molecule has 1 atom stereocenters. The van der Waals surface area contributed by atoms with E-state index < -0.39 is 0 Å². The topological polar surface area (TPSA) is 55.5 Å². The van der Waals surface area contributed by atoms with E-state index >= 15 is 0 Å². The minimum absolute atomic E-state index is 0. The minimum Gasteiger partial charge on any atom is -0.508 e. The molecule has 0 heterocycles. The molecule has 3 N–H and O–H groups in total. The van der Waals surface area contributed by atoms with Gasteiger partial charge < -0.3 is 15.6 Å². The van der Waals surface area contributed by atoms with E-state index in [1.54, 1.807) is 31.4 Å². The molecule has 84 valence electrons. The summed E-state index contributed by atoms with van der Waals surface area (Å²) in [6.07, 6.45) is 2.35. The maximum Gasteiger partial charge on any atom is 0.120 e. The third-order valence-corrected chi connectivity index (χ3v) is 2.05. The fraction of sp³-hybridized carbons (Fsp3) is 0.273. The van der Waals surface area contributed by atoms with Crippen molar-refractivity contribution in [3.8, 4) is 11.5 Å². The molecule has 0 aliphatic heterocycles. The highest BCUT2D eigenvalue weighted by molar-refractivity contribution is 5.85. The van der Waals surface area contributed by atoms with Gasteiger partial charge in [0.05, 0.1) is 7.11 Å². The summed E-state index contributed by atoms with van der Waals surface area (Å²) < 4.78 is 5.05. The van der Waals surface area contributed by atoms with Gasteiger partial charge in [0.15, 0.2) is 0 Å². The summed E-state index contributed by atoms with van der Waals surface area (Å²) in [4.78, 5) is 0. The zero-order chi connectivity index (χ0) is 10.6. The van der Waals surface area contributed by atoms with Crippen LogP contribution < -0.4 is 10.5 Å². The molecule has 0 saturated heterocycles. The van der Waals surface area contributed by atoms with Gasteiger partial charge in [-0.25, -0.2) is 0 Å². The average Bonchev–Trinajstić information content (AvgIpc) is 2.19. The highest BCUT2D eigenvalue weighted by Crippen LogP contribution is 2.28. The van der Waals surface area contributed by atoms with Gasteiger partial charge in [-0.1, -0.05) is 6.08 Å². The largest absolute Gasteiger partial charge is 0.508 e. The van der Waals surface area contributed by atoms with Crippen LogP contribution in [-0.4, -0.2) is 12.2 Å². The van der Waals surface area contributed by atoms with Gasteiger partial charge in [-0.05, 0) is 24.6 Å². The van der Waals surface area contributed by atoms with Crippen LogP contribution in [0.4, 0.5) is 0 Å². The van der Waals surface area contributed by atoms with Gasteiger partial charge in [-0.2, -0.15) is 0 Å². The van der Waals surface area contributed by atoms with Crippen molar-refractivity contribution in [2.24, 2.45) is 5.73 Å². The molecule has 0 radical (unpaired) electrons. The van der Waals surface area contributed by atoms with E-state index in [0.717, 1.165) is 0 Å². The van der Waals surface area contributed by atoms with Crippen LogP contribution in [0.2, 0.25) is 0 Å². The van der Waals surface area contributed by atoms with E-state index in [0.29, 0.717) is 17.7 Å². The molecule has 3 nitrogen and oxygen atoms in total. The monoisotopic (exact) mass is 229 g/mol. The van der Waals surface area contributed by atoms with Gasteiger partial charge in [0.2, 0.25) is 0 Å². The van der Waals surface area contributed by atoms with Crippen molar-refractivity contribution in [2.75, 3.05) is 7.11 Å². The zero-order valence-corrected chi connectivity index (χ0v) is 9.46. The maximum absolute atomic E-state index is 9.56. The highest BCUT2D eigenvalue weighted by atomic mass is 35.5. The van der Waals surface area contributed by atoms with Crippen molar-refractivity contribution in [3.05, 3.63) is 36.4 Å². The molecule has 15 heavy (non-hydrogen) atoms. The Balaban J connectivity index is 0.00000196. The summed E-state index contributed by atoms with van der Waals surface area (Å²) >= 11 is 0. The summed E-state index contributed by atoms with van der Waals surface area (Å²) in [5.74, 6) is 0.887. The predicted octanol–water partition coefficient (Wildman–Crippen LogP) is 2.40. The fourth-order valence-corrected chi connectivity index (χ4v) is 1.26. The Kier molecular flexibility index (Phi) is 5.82. The second kappa shape index (κ2) is 6.32. The quantitative estimate of drug-likeness (QED) is 0.780. The number of aromatic hydroxyl groups is 1. The first kappa shape index (κ1) is 13.8. The van der Waals surface area contributed by atoms with Crippen molar-refractivity contribution in [1.29, 1.82) is 0 Å². The summed E-state index contributed by atoms with van der Waals surface area (Å²) in [5, 5.41) is 9.56. The first-order valence-corrected chi connectivity index (χ1v) is 4.42. The summed E-state index contributed by atoms with van der Waals surface area (Å²) in [5.41, 5.74) is 6.53. The number of phenols is 1. The van der Waals surface area contributed by atoms with E-state index in [1.807, 2.05) is 0 Å². The summed E-state index contributed by atoms with van der Waals surface area (Å²) in [6, 6.07) is 4.78. The number of halogens is 1. The minimum atomic E-state index is -0.234. The maximum atomic E-state index is 9.56. The number of nitrogens with two attached hydrogens (primary N) is 1. The second-order valence-corrected chi connectivity index (χ2v) is 3.06. The third-order valence-electron chi connectivity index (χ3n) is 2.05. The molecule has 0 fully saturated rings. The van der Waals surface area contributed by atoms with Gasteiger partial charge in [0.1, 0.15) is 11.5 Å². The van der Waals surface area contributed by atoms with E-state index in [-0.39, 0.29) is 24.2 Å². The molecular weight excluding hydrogens is 214 g/mol. The molecule has 0 bridgehead atoms. The number of hydrogen-bond acceptors (Lipinski definition) is 3. The summed E-state index contributed by atoms with van der Waals surface area (Å²) in [6.45, 7) is 3.61. The van der Waals surface area contributed by atoms with Crippen LogP contribution in [-0.2, 0) is 0 Å². The smallest absolute Gasteiger partial charge is 0.120 e. The van der Waals surface area contributed by atoms with E-state index in [4.69, 9.17) is 10.5 Å². The Morgan fingerprint density at radius 3 is 2.80 bits per heavy atom. The Morgan fingerprint density at radius 1 is 1.60 bits per heavy atom. The first-order chi connectivity index (χ1) is 6.69. The lowest BCUT2D eigenvalue weighted by molar-refractivity contribution is 0.409. The van der Waals surface area contributed by atoms with Crippen LogP contribution in [0, 0.1) is 0 Å². The lowest BCUT2D eigenvalue weighted by Crippen LogP contribution is -2.09. The Hall–Kier alpha value is -1.19. The molecule has 0 saturated carbocycles. The average molecular weight is 230 g/mol. The van der Waals surface area contributed by atoms with Crippen molar-refractivity contribution < 1.29 is 9.84 Å². The molecule has 0 aliphatic carbocycles.